The van der Waals surface area contributed by atoms with E-state index in [9.17, 15) is 0 Å². The number of hydrogen-bond donors (Lipinski definition) is 3. The number of nitrogens with zero attached hydrogens (tertiary/aromatic N) is 2. The van der Waals surface area contributed by atoms with Gasteiger partial charge in [-0.05, 0) is 62.1 Å². The lowest BCUT2D eigenvalue weighted by Crippen LogP contribution is -2.22. The van der Waals surface area contributed by atoms with Crippen molar-refractivity contribution in [2.75, 3.05) is 10.6 Å². The summed E-state index contributed by atoms with van der Waals surface area (Å²) in [5.41, 5.74) is 4.07. The number of aromatic nitrogens is 3. The van der Waals surface area contributed by atoms with Gasteiger partial charge in [0.05, 0.1) is 5.52 Å². The van der Waals surface area contributed by atoms with Crippen LogP contribution in [0.4, 0.5) is 11.5 Å². The largest absolute Gasteiger partial charge is 0.382 e. The molecule has 2 aliphatic rings. The minimum Gasteiger partial charge on any atom is -0.382 e. The number of pyridine rings is 1. The second kappa shape index (κ2) is 8.44. The Morgan fingerprint density at radius 3 is 2.03 bits per heavy atom. The predicted octanol–water partition coefficient (Wildman–Crippen LogP) is 6.11. The Morgan fingerprint density at radius 1 is 0.690 bits per heavy atom. The highest BCUT2D eigenvalue weighted by Crippen LogP contribution is 2.26. The maximum Gasteiger partial charge on any atom is 0.180 e. The Morgan fingerprint density at radius 2 is 1.34 bits per heavy atom. The Labute approximate surface area is 172 Å². The molecule has 5 nitrogen and oxygen atoms in total. The average molecular weight is 390 g/mol. The number of rotatable bonds is 5. The third-order valence-corrected chi connectivity index (χ3v) is 6.44. The molecule has 2 fully saturated rings. The van der Waals surface area contributed by atoms with Crippen molar-refractivity contribution in [2.45, 2.75) is 76.3 Å². The van der Waals surface area contributed by atoms with Gasteiger partial charge in [-0.1, -0.05) is 38.5 Å². The molecule has 0 radical (unpaired) electrons. The molecular weight excluding hydrogens is 358 g/mol. The topological polar surface area (TPSA) is 65.6 Å². The van der Waals surface area contributed by atoms with Crippen LogP contribution in [0.25, 0.3) is 22.6 Å². The summed E-state index contributed by atoms with van der Waals surface area (Å²) in [5, 5.41) is 7.28. The molecule has 0 spiro atoms. The van der Waals surface area contributed by atoms with Gasteiger partial charge in [0.15, 0.2) is 5.65 Å². The lowest BCUT2D eigenvalue weighted by molar-refractivity contribution is 0.462. The average Bonchev–Trinajstić information content (AvgIpc) is 3.19. The monoisotopic (exact) mass is 389 g/mol. The minimum absolute atomic E-state index is 0.552. The standard InChI is InChI=1S/C24H31N5/c1-3-7-18(8-4-1)25-20-13-11-17(12-14-20)23-27-21-15-16-22(28-24(21)29-23)26-19-9-5-2-6-10-19/h11-16,18-19,25H,1-10H2,(H2,26,27,28,29). The molecule has 0 unspecified atom stereocenters. The van der Waals surface area contributed by atoms with Gasteiger partial charge in [-0.3, -0.25) is 0 Å². The number of benzene rings is 1. The molecule has 2 aliphatic carbocycles. The van der Waals surface area contributed by atoms with E-state index in [0.717, 1.165) is 28.4 Å². The summed E-state index contributed by atoms with van der Waals surface area (Å²) in [6, 6.07) is 13.9. The van der Waals surface area contributed by atoms with Gasteiger partial charge in [-0.25, -0.2) is 9.97 Å². The molecule has 2 heterocycles. The van der Waals surface area contributed by atoms with E-state index in [1.807, 2.05) is 0 Å². The van der Waals surface area contributed by atoms with E-state index in [4.69, 9.17) is 9.97 Å². The van der Waals surface area contributed by atoms with E-state index in [0.29, 0.717) is 12.1 Å². The van der Waals surface area contributed by atoms with Crippen LogP contribution in [0, 0.1) is 0 Å². The number of hydrogen-bond acceptors (Lipinski definition) is 4. The van der Waals surface area contributed by atoms with Crippen LogP contribution >= 0.6 is 0 Å². The molecule has 0 aliphatic heterocycles. The van der Waals surface area contributed by atoms with Crippen molar-refractivity contribution < 1.29 is 0 Å². The molecule has 5 rings (SSSR count). The number of aromatic amines is 1. The highest BCUT2D eigenvalue weighted by molar-refractivity contribution is 5.77. The van der Waals surface area contributed by atoms with Gasteiger partial charge >= 0.3 is 0 Å². The summed E-state index contributed by atoms with van der Waals surface area (Å²) in [7, 11) is 0. The third-order valence-electron chi connectivity index (χ3n) is 6.44. The summed E-state index contributed by atoms with van der Waals surface area (Å²) in [6.07, 6.45) is 13.1. The van der Waals surface area contributed by atoms with Crippen LogP contribution in [-0.2, 0) is 0 Å². The van der Waals surface area contributed by atoms with Crippen LogP contribution in [-0.4, -0.2) is 27.0 Å². The van der Waals surface area contributed by atoms with E-state index in [1.54, 1.807) is 0 Å². The smallest absolute Gasteiger partial charge is 0.180 e. The van der Waals surface area contributed by atoms with Crippen molar-refractivity contribution in [2.24, 2.45) is 0 Å². The highest BCUT2D eigenvalue weighted by atomic mass is 15.1. The van der Waals surface area contributed by atoms with Crippen molar-refractivity contribution in [3.63, 3.8) is 0 Å². The van der Waals surface area contributed by atoms with Crippen LogP contribution in [0.3, 0.4) is 0 Å². The van der Waals surface area contributed by atoms with Gasteiger partial charge < -0.3 is 15.6 Å². The number of nitrogens with one attached hydrogen (secondary N) is 3. The minimum atomic E-state index is 0.552. The SMILES string of the molecule is c1cc(-c2nc3nc(NC4CCCCC4)ccc3[nH]2)ccc1NC1CCCCC1. The van der Waals surface area contributed by atoms with Gasteiger partial charge in [0.1, 0.15) is 11.6 Å². The second-order valence-electron chi connectivity index (χ2n) is 8.69. The van der Waals surface area contributed by atoms with Crippen molar-refractivity contribution >= 4 is 22.7 Å². The first-order chi connectivity index (χ1) is 14.3. The molecule has 152 valence electrons. The van der Waals surface area contributed by atoms with E-state index < -0.39 is 0 Å². The van der Waals surface area contributed by atoms with Gasteiger partial charge in [0.25, 0.3) is 0 Å². The Hall–Kier alpha value is -2.56. The number of H-pyrrole nitrogens is 1. The number of imidazole rings is 1. The van der Waals surface area contributed by atoms with Crippen molar-refractivity contribution in [1.29, 1.82) is 0 Å². The predicted molar refractivity (Wildman–Crippen MR) is 120 cm³/mol. The fourth-order valence-electron chi connectivity index (χ4n) is 4.77. The fourth-order valence-corrected chi connectivity index (χ4v) is 4.77. The first-order valence-corrected chi connectivity index (χ1v) is 11.3. The number of anilines is 2. The van der Waals surface area contributed by atoms with E-state index in [1.165, 1.54) is 69.9 Å². The van der Waals surface area contributed by atoms with Gasteiger partial charge in [0.2, 0.25) is 0 Å². The van der Waals surface area contributed by atoms with Crippen molar-refractivity contribution in [3.05, 3.63) is 36.4 Å². The summed E-state index contributed by atoms with van der Waals surface area (Å²) < 4.78 is 0. The summed E-state index contributed by atoms with van der Waals surface area (Å²) in [4.78, 5) is 12.9. The lowest BCUT2D eigenvalue weighted by Gasteiger charge is -2.23. The Balaban J connectivity index is 1.29. The zero-order valence-electron chi connectivity index (χ0n) is 17.1. The quantitative estimate of drug-likeness (QED) is 0.492. The molecule has 3 N–H and O–H groups in total. The highest BCUT2D eigenvalue weighted by Gasteiger charge is 2.15. The van der Waals surface area contributed by atoms with E-state index in [2.05, 4.69) is 52.0 Å². The second-order valence-corrected chi connectivity index (χ2v) is 8.69. The van der Waals surface area contributed by atoms with Gasteiger partial charge in [-0.15, -0.1) is 0 Å². The molecule has 0 amide bonds. The molecule has 0 saturated heterocycles. The normalized spacial score (nSPS) is 18.8. The zero-order valence-corrected chi connectivity index (χ0v) is 17.1. The molecule has 0 bridgehead atoms. The van der Waals surface area contributed by atoms with Crippen LogP contribution < -0.4 is 10.6 Å². The summed E-state index contributed by atoms with van der Waals surface area (Å²) in [6.45, 7) is 0. The molecule has 1 aromatic carbocycles. The molecule has 3 aromatic rings. The molecular formula is C24H31N5. The Bertz CT molecular complexity index is 934. The van der Waals surface area contributed by atoms with E-state index >= 15 is 0 Å². The Kier molecular flexibility index (Phi) is 5.37. The first-order valence-electron chi connectivity index (χ1n) is 11.3. The summed E-state index contributed by atoms with van der Waals surface area (Å²) >= 11 is 0. The molecule has 0 atom stereocenters. The maximum atomic E-state index is 4.75. The van der Waals surface area contributed by atoms with E-state index in [-0.39, 0.29) is 0 Å². The molecule has 2 aromatic heterocycles. The van der Waals surface area contributed by atoms with Crippen LogP contribution in [0.15, 0.2) is 36.4 Å². The molecule has 2 saturated carbocycles. The van der Waals surface area contributed by atoms with Crippen molar-refractivity contribution in [1.82, 2.24) is 15.0 Å². The first kappa shape index (κ1) is 18.5. The third kappa shape index (κ3) is 4.39. The van der Waals surface area contributed by atoms with Gasteiger partial charge in [0, 0.05) is 23.3 Å². The van der Waals surface area contributed by atoms with Crippen molar-refractivity contribution in [3.8, 4) is 11.4 Å². The fraction of sp³-hybridized carbons (Fsp3) is 0.500. The summed E-state index contributed by atoms with van der Waals surface area (Å²) in [5.74, 6) is 1.82. The van der Waals surface area contributed by atoms with Crippen LogP contribution in [0.2, 0.25) is 0 Å². The molecule has 5 heteroatoms. The number of fused-ring (bicyclic) bond motifs is 1. The zero-order chi connectivity index (χ0) is 19.5. The van der Waals surface area contributed by atoms with Gasteiger partial charge in [-0.2, -0.15) is 0 Å². The molecule has 29 heavy (non-hydrogen) atoms. The lowest BCUT2D eigenvalue weighted by atomic mass is 9.95. The maximum absolute atomic E-state index is 4.75. The van der Waals surface area contributed by atoms with Crippen LogP contribution in [0.5, 0.6) is 0 Å². The van der Waals surface area contributed by atoms with Crippen LogP contribution in [0.1, 0.15) is 64.2 Å².